The number of H-pyrrole nitrogens is 1. The molecular formula is C24H24BrN3O2S2. The number of halogens is 1. The minimum Gasteiger partial charge on any atom is -0.382 e. The molecule has 0 amide bonds. The average Bonchev–Trinajstić information content (AvgIpc) is 2.82. The summed E-state index contributed by atoms with van der Waals surface area (Å²) in [5, 5.41) is 4.43. The van der Waals surface area contributed by atoms with Crippen LogP contribution < -0.4 is 15.8 Å². The number of morpholine rings is 1. The van der Waals surface area contributed by atoms with Crippen molar-refractivity contribution in [1.29, 1.82) is 0 Å². The van der Waals surface area contributed by atoms with Crippen LogP contribution in [0.3, 0.4) is 0 Å². The third-order valence-corrected chi connectivity index (χ3v) is 9.06. The van der Waals surface area contributed by atoms with Gasteiger partial charge in [0.1, 0.15) is 0 Å². The largest absolute Gasteiger partial charge is 0.382 e. The summed E-state index contributed by atoms with van der Waals surface area (Å²) in [5.74, 6) is 0. The molecule has 1 fully saturated rings. The van der Waals surface area contributed by atoms with Gasteiger partial charge in [-0.3, -0.25) is 4.79 Å². The van der Waals surface area contributed by atoms with Gasteiger partial charge < -0.3 is 19.9 Å². The van der Waals surface area contributed by atoms with E-state index in [4.69, 9.17) is 4.74 Å². The van der Waals surface area contributed by atoms with Crippen LogP contribution in [-0.2, 0) is 4.74 Å². The summed E-state index contributed by atoms with van der Waals surface area (Å²) >= 11 is 7.08. The van der Waals surface area contributed by atoms with E-state index in [-0.39, 0.29) is 5.56 Å². The molecule has 3 heterocycles. The highest BCUT2D eigenvalue weighted by Gasteiger charge is 2.22. The fourth-order valence-electron chi connectivity index (χ4n) is 3.90. The maximum Gasteiger partial charge on any atom is 0.250 e. The Labute approximate surface area is 204 Å². The number of hydrogen-bond acceptors (Lipinski definition) is 6. The van der Waals surface area contributed by atoms with Crippen molar-refractivity contribution in [3.05, 3.63) is 58.9 Å². The number of rotatable bonds is 5. The number of nitrogens with one attached hydrogen (secondary N) is 2. The zero-order valence-electron chi connectivity index (χ0n) is 17.7. The second kappa shape index (κ2) is 9.55. The molecule has 0 aliphatic carbocycles. The first kappa shape index (κ1) is 21.9. The quantitative estimate of drug-likeness (QED) is 0.324. The van der Waals surface area contributed by atoms with Crippen LogP contribution in [0.5, 0.6) is 0 Å². The average molecular weight is 531 g/mol. The third kappa shape index (κ3) is 4.59. The Balaban J connectivity index is 1.48. The van der Waals surface area contributed by atoms with Crippen molar-refractivity contribution in [3.8, 4) is 11.3 Å². The molecule has 1 unspecified atom stereocenters. The number of ether oxygens (including phenoxy) is 1. The van der Waals surface area contributed by atoms with Gasteiger partial charge >= 0.3 is 0 Å². The lowest BCUT2D eigenvalue weighted by Crippen LogP contribution is -2.36. The molecule has 1 atom stereocenters. The van der Waals surface area contributed by atoms with Gasteiger partial charge in [0, 0.05) is 67.0 Å². The fourth-order valence-corrected chi connectivity index (χ4v) is 6.48. The van der Waals surface area contributed by atoms with E-state index in [0.29, 0.717) is 19.3 Å². The minimum atomic E-state index is -0.0768. The number of nitrogens with zero attached hydrogens (tertiary/aromatic N) is 1. The summed E-state index contributed by atoms with van der Waals surface area (Å²) in [5.41, 5.74) is 3.93. The maximum absolute atomic E-state index is 12.5. The number of anilines is 2. The first-order valence-corrected chi connectivity index (χ1v) is 13.4. The molecule has 2 aromatic carbocycles. The predicted molar refractivity (Wildman–Crippen MR) is 137 cm³/mol. The first-order valence-electron chi connectivity index (χ1n) is 10.6. The lowest BCUT2D eigenvalue weighted by molar-refractivity contribution is 0.122. The Hall–Kier alpha value is -1.87. The van der Waals surface area contributed by atoms with Crippen LogP contribution >= 0.6 is 39.5 Å². The molecule has 1 aromatic heterocycles. The smallest absolute Gasteiger partial charge is 0.250 e. The number of aromatic nitrogens is 1. The molecule has 166 valence electrons. The van der Waals surface area contributed by atoms with Crippen LogP contribution in [0, 0.1) is 0 Å². The SMILES string of the molecule is CC(CBr)Nc1ccc2c(c1)Sc1cccc(-c3cc(N4CCOCC4)cc(=O)[nH]3)c1S2. The van der Waals surface area contributed by atoms with E-state index < -0.39 is 0 Å². The predicted octanol–water partition coefficient (Wildman–Crippen LogP) is 5.69. The zero-order valence-corrected chi connectivity index (χ0v) is 20.9. The van der Waals surface area contributed by atoms with Crippen LogP contribution in [0.1, 0.15) is 6.92 Å². The topological polar surface area (TPSA) is 57.4 Å². The van der Waals surface area contributed by atoms with E-state index in [9.17, 15) is 4.79 Å². The lowest BCUT2D eigenvalue weighted by Gasteiger charge is -2.29. The van der Waals surface area contributed by atoms with Gasteiger partial charge in [-0.05, 0) is 37.3 Å². The van der Waals surface area contributed by atoms with Crippen molar-refractivity contribution in [2.24, 2.45) is 0 Å². The molecule has 32 heavy (non-hydrogen) atoms. The van der Waals surface area contributed by atoms with Gasteiger partial charge in [-0.2, -0.15) is 0 Å². The van der Waals surface area contributed by atoms with Gasteiger partial charge in [0.2, 0.25) is 5.56 Å². The number of benzene rings is 2. The van der Waals surface area contributed by atoms with Crippen molar-refractivity contribution < 1.29 is 4.74 Å². The Kier molecular flexibility index (Phi) is 6.55. The lowest BCUT2D eigenvalue weighted by atomic mass is 10.1. The molecule has 0 spiro atoms. The number of alkyl halides is 1. The molecule has 0 radical (unpaired) electrons. The van der Waals surface area contributed by atoms with Crippen molar-refractivity contribution in [1.82, 2.24) is 4.98 Å². The summed E-state index contributed by atoms with van der Waals surface area (Å²) in [6.07, 6.45) is 0. The molecule has 1 saturated heterocycles. The molecule has 2 aliphatic rings. The van der Waals surface area contributed by atoms with Crippen molar-refractivity contribution in [3.63, 3.8) is 0 Å². The van der Waals surface area contributed by atoms with Gasteiger partial charge in [0.25, 0.3) is 0 Å². The molecule has 0 saturated carbocycles. The van der Waals surface area contributed by atoms with E-state index in [0.717, 1.165) is 41.1 Å². The van der Waals surface area contributed by atoms with Gasteiger partial charge in [-0.1, -0.05) is 51.6 Å². The van der Waals surface area contributed by atoms with E-state index in [1.165, 1.54) is 19.6 Å². The van der Waals surface area contributed by atoms with E-state index in [1.807, 2.05) is 0 Å². The highest BCUT2D eigenvalue weighted by atomic mass is 79.9. The van der Waals surface area contributed by atoms with Crippen LogP contribution in [0.25, 0.3) is 11.3 Å². The fraction of sp³-hybridized carbons (Fsp3) is 0.292. The molecular weight excluding hydrogens is 506 g/mol. The Morgan fingerprint density at radius 1 is 1.09 bits per heavy atom. The van der Waals surface area contributed by atoms with Crippen molar-refractivity contribution >= 4 is 50.8 Å². The minimum absolute atomic E-state index is 0.0768. The summed E-state index contributed by atoms with van der Waals surface area (Å²) in [6, 6.07) is 17.0. The highest BCUT2D eigenvalue weighted by molar-refractivity contribution is 9.09. The molecule has 2 N–H and O–H groups in total. The van der Waals surface area contributed by atoms with E-state index in [1.54, 1.807) is 29.6 Å². The van der Waals surface area contributed by atoms with Gasteiger partial charge in [0.05, 0.1) is 18.9 Å². The standard InChI is InChI=1S/C24H24BrN3O2S2/c1-15(14-25)26-16-5-6-20-22(11-16)31-21-4-2-3-18(24(21)32-20)19-12-17(13-23(29)27-19)28-7-9-30-10-8-28/h2-6,11-13,15,26H,7-10,14H2,1H3,(H,27,29). The molecule has 2 aliphatic heterocycles. The van der Waals surface area contributed by atoms with Gasteiger partial charge in [-0.15, -0.1) is 0 Å². The van der Waals surface area contributed by atoms with E-state index in [2.05, 4.69) is 80.5 Å². The summed E-state index contributed by atoms with van der Waals surface area (Å²) in [6.45, 7) is 5.15. The van der Waals surface area contributed by atoms with Crippen molar-refractivity contribution in [2.75, 3.05) is 41.9 Å². The van der Waals surface area contributed by atoms with Gasteiger partial charge in [0.15, 0.2) is 0 Å². The molecule has 3 aromatic rings. The number of fused-ring (bicyclic) bond motifs is 2. The third-order valence-electron chi connectivity index (χ3n) is 5.49. The Bertz CT molecular complexity index is 1190. The van der Waals surface area contributed by atoms with Crippen LogP contribution in [0.4, 0.5) is 11.4 Å². The zero-order chi connectivity index (χ0) is 22.1. The second-order valence-corrected chi connectivity index (χ2v) is 10.7. The summed E-state index contributed by atoms with van der Waals surface area (Å²) < 4.78 is 5.47. The van der Waals surface area contributed by atoms with Crippen LogP contribution in [0.15, 0.2) is 72.9 Å². The number of hydrogen-bond donors (Lipinski definition) is 2. The van der Waals surface area contributed by atoms with Gasteiger partial charge in [-0.25, -0.2) is 0 Å². The summed E-state index contributed by atoms with van der Waals surface area (Å²) in [7, 11) is 0. The molecule has 0 bridgehead atoms. The monoisotopic (exact) mass is 529 g/mol. The number of pyridine rings is 1. The normalized spacial score (nSPS) is 16.2. The second-order valence-electron chi connectivity index (χ2n) is 7.91. The number of aromatic amines is 1. The van der Waals surface area contributed by atoms with Crippen molar-refractivity contribution in [2.45, 2.75) is 32.5 Å². The molecule has 5 rings (SSSR count). The molecule has 5 nitrogen and oxygen atoms in total. The Morgan fingerprint density at radius 2 is 1.94 bits per heavy atom. The maximum atomic E-state index is 12.5. The summed E-state index contributed by atoms with van der Waals surface area (Å²) in [4.78, 5) is 22.7. The highest BCUT2D eigenvalue weighted by Crippen LogP contribution is 2.52. The van der Waals surface area contributed by atoms with E-state index >= 15 is 0 Å². The Morgan fingerprint density at radius 3 is 2.75 bits per heavy atom. The van der Waals surface area contributed by atoms with Crippen LogP contribution in [-0.4, -0.2) is 42.7 Å². The first-order chi connectivity index (χ1) is 15.6. The molecule has 8 heteroatoms. The van der Waals surface area contributed by atoms with Crippen LogP contribution in [0.2, 0.25) is 0 Å².